The van der Waals surface area contributed by atoms with E-state index in [1.54, 1.807) is 27.0 Å². The molecule has 23 heavy (non-hydrogen) atoms. The molecular formula is C17H27BO5. The number of aliphatic hydroxyl groups is 1. The second-order valence-corrected chi connectivity index (χ2v) is 7.59. The van der Waals surface area contributed by atoms with E-state index in [0.717, 1.165) is 5.46 Å². The molecule has 1 fully saturated rings. The van der Waals surface area contributed by atoms with Crippen LogP contribution in [0.1, 0.15) is 41.5 Å². The fraction of sp³-hybridized carbons (Fsp3) is 0.647. The van der Waals surface area contributed by atoms with Crippen molar-refractivity contribution in [2.24, 2.45) is 0 Å². The molecule has 1 aromatic carbocycles. The van der Waals surface area contributed by atoms with E-state index in [1.165, 1.54) is 0 Å². The van der Waals surface area contributed by atoms with Crippen LogP contribution >= 0.6 is 0 Å². The third kappa shape index (κ3) is 4.00. The van der Waals surface area contributed by atoms with Gasteiger partial charge in [0.15, 0.2) is 0 Å². The van der Waals surface area contributed by atoms with E-state index >= 15 is 0 Å². The van der Waals surface area contributed by atoms with Crippen LogP contribution in [0.15, 0.2) is 18.2 Å². The summed E-state index contributed by atoms with van der Waals surface area (Å²) >= 11 is 0. The lowest BCUT2D eigenvalue weighted by molar-refractivity contribution is 0.00578. The highest BCUT2D eigenvalue weighted by Crippen LogP contribution is 2.37. The van der Waals surface area contributed by atoms with E-state index < -0.39 is 23.9 Å². The second-order valence-electron chi connectivity index (χ2n) is 7.59. The highest BCUT2D eigenvalue weighted by atomic mass is 16.7. The summed E-state index contributed by atoms with van der Waals surface area (Å²) in [5.74, 6) is 1.32. The maximum absolute atomic E-state index is 9.80. The Labute approximate surface area is 139 Å². The molecule has 0 unspecified atom stereocenters. The van der Waals surface area contributed by atoms with Crippen LogP contribution in [0.5, 0.6) is 11.5 Å². The van der Waals surface area contributed by atoms with Crippen molar-refractivity contribution in [3.05, 3.63) is 18.2 Å². The topological polar surface area (TPSA) is 57.2 Å². The van der Waals surface area contributed by atoms with Crippen molar-refractivity contribution in [1.82, 2.24) is 0 Å². The van der Waals surface area contributed by atoms with Crippen LogP contribution in [0.3, 0.4) is 0 Å². The van der Waals surface area contributed by atoms with Crippen molar-refractivity contribution in [3.8, 4) is 11.5 Å². The molecule has 0 aromatic heterocycles. The van der Waals surface area contributed by atoms with Crippen molar-refractivity contribution in [2.45, 2.75) is 58.3 Å². The number of methoxy groups -OCH3 is 1. The summed E-state index contributed by atoms with van der Waals surface area (Å²) in [5.41, 5.74) is -0.969. The van der Waals surface area contributed by atoms with Crippen molar-refractivity contribution >= 4 is 12.6 Å². The van der Waals surface area contributed by atoms with Gasteiger partial charge in [-0.05, 0) is 59.7 Å². The molecule has 0 spiro atoms. The van der Waals surface area contributed by atoms with Crippen LogP contribution in [0, 0.1) is 0 Å². The third-order valence-corrected chi connectivity index (χ3v) is 4.30. The van der Waals surface area contributed by atoms with Crippen molar-refractivity contribution in [2.75, 3.05) is 13.7 Å². The summed E-state index contributed by atoms with van der Waals surface area (Å²) < 4.78 is 23.3. The number of hydrogen-bond donors (Lipinski definition) is 1. The summed E-state index contributed by atoms with van der Waals surface area (Å²) in [6.07, 6.45) is 0. The molecule has 1 aliphatic rings. The van der Waals surface area contributed by atoms with Gasteiger partial charge in [0.05, 0.1) is 23.9 Å². The van der Waals surface area contributed by atoms with Crippen LogP contribution in [0.2, 0.25) is 0 Å². The van der Waals surface area contributed by atoms with Crippen LogP contribution in [-0.4, -0.2) is 42.7 Å². The minimum absolute atomic E-state index is 0.197. The Kier molecular flexibility index (Phi) is 4.73. The molecule has 0 atom stereocenters. The molecule has 1 aromatic rings. The van der Waals surface area contributed by atoms with E-state index in [1.807, 2.05) is 39.8 Å². The van der Waals surface area contributed by atoms with E-state index in [-0.39, 0.29) is 6.61 Å². The number of benzene rings is 1. The zero-order valence-electron chi connectivity index (χ0n) is 15.1. The SMILES string of the molecule is COc1ccc(OCC(C)(C)O)cc1B1OC(C)(C)C(C)(C)O1. The van der Waals surface area contributed by atoms with Gasteiger partial charge in [0.2, 0.25) is 0 Å². The monoisotopic (exact) mass is 322 g/mol. The van der Waals surface area contributed by atoms with Gasteiger partial charge in [-0.2, -0.15) is 0 Å². The van der Waals surface area contributed by atoms with Crippen molar-refractivity contribution in [1.29, 1.82) is 0 Å². The molecule has 1 N–H and O–H groups in total. The summed E-state index contributed by atoms with van der Waals surface area (Å²) in [4.78, 5) is 0. The van der Waals surface area contributed by atoms with Gasteiger partial charge in [0.25, 0.3) is 0 Å². The molecule has 1 heterocycles. The Bertz CT molecular complexity index is 547. The standard InChI is InChI=1S/C17H27BO5/c1-15(2,19)11-21-12-8-9-14(20-7)13(10-12)18-22-16(3,4)17(5,6)23-18/h8-10,19H,11H2,1-7H3. The Morgan fingerprint density at radius 2 is 1.70 bits per heavy atom. The first-order valence-corrected chi connectivity index (χ1v) is 7.84. The Hall–Kier alpha value is -1.24. The number of hydrogen-bond acceptors (Lipinski definition) is 5. The van der Waals surface area contributed by atoms with Gasteiger partial charge >= 0.3 is 7.12 Å². The molecular weight excluding hydrogens is 295 g/mol. The predicted octanol–water partition coefficient (Wildman–Crippen LogP) is 2.14. The third-order valence-electron chi connectivity index (χ3n) is 4.30. The largest absolute Gasteiger partial charge is 0.498 e. The average Bonchev–Trinajstić information content (AvgIpc) is 2.64. The van der Waals surface area contributed by atoms with Crippen LogP contribution in [0.25, 0.3) is 0 Å². The minimum atomic E-state index is -0.898. The van der Waals surface area contributed by atoms with Crippen molar-refractivity contribution < 1.29 is 23.9 Å². The molecule has 128 valence electrons. The van der Waals surface area contributed by atoms with Gasteiger partial charge < -0.3 is 23.9 Å². The Morgan fingerprint density at radius 1 is 1.13 bits per heavy atom. The molecule has 0 radical (unpaired) electrons. The zero-order chi connectivity index (χ0) is 17.5. The molecule has 6 heteroatoms. The summed E-state index contributed by atoms with van der Waals surface area (Å²) in [6, 6.07) is 5.46. The lowest BCUT2D eigenvalue weighted by Gasteiger charge is -2.32. The summed E-state index contributed by atoms with van der Waals surface area (Å²) in [6.45, 7) is 11.6. The van der Waals surface area contributed by atoms with E-state index in [9.17, 15) is 5.11 Å². The smallest absolute Gasteiger partial charge is 0.497 e. The molecule has 1 aliphatic heterocycles. The van der Waals surface area contributed by atoms with Crippen LogP contribution in [-0.2, 0) is 9.31 Å². The molecule has 1 saturated heterocycles. The fourth-order valence-electron chi connectivity index (χ4n) is 2.22. The Morgan fingerprint density at radius 3 is 2.17 bits per heavy atom. The lowest BCUT2D eigenvalue weighted by Crippen LogP contribution is -2.41. The van der Waals surface area contributed by atoms with Crippen LogP contribution < -0.4 is 14.9 Å². The van der Waals surface area contributed by atoms with Gasteiger partial charge in [-0.15, -0.1) is 0 Å². The lowest BCUT2D eigenvalue weighted by atomic mass is 9.78. The van der Waals surface area contributed by atoms with Gasteiger partial charge in [-0.25, -0.2) is 0 Å². The number of rotatable bonds is 5. The van der Waals surface area contributed by atoms with Crippen molar-refractivity contribution in [3.63, 3.8) is 0 Å². The highest BCUT2D eigenvalue weighted by Gasteiger charge is 2.52. The second kappa shape index (κ2) is 6.00. The van der Waals surface area contributed by atoms with E-state index in [4.69, 9.17) is 18.8 Å². The molecule has 5 nitrogen and oxygen atoms in total. The maximum atomic E-state index is 9.80. The number of ether oxygens (including phenoxy) is 2. The van der Waals surface area contributed by atoms with E-state index in [2.05, 4.69) is 0 Å². The summed E-state index contributed by atoms with van der Waals surface area (Å²) in [5, 5.41) is 9.80. The highest BCUT2D eigenvalue weighted by molar-refractivity contribution is 6.63. The molecule has 0 bridgehead atoms. The van der Waals surface area contributed by atoms with Gasteiger partial charge in [-0.1, -0.05) is 0 Å². The summed E-state index contributed by atoms with van der Waals surface area (Å²) in [7, 11) is 1.09. The normalized spacial score (nSPS) is 19.7. The molecule has 0 amide bonds. The predicted molar refractivity (Wildman–Crippen MR) is 90.5 cm³/mol. The molecule has 0 saturated carbocycles. The molecule has 0 aliphatic carbocycles. The van der Waals surface area contributed by atoms with Crippen LogP contribution in [0.4, 0.5) is 0 Å². The maximum Gasteiger partial charge on any atom is 0.498 e. The van der Waals surface area contributed by atoms with E-state index in [0.29, 0.717) is 11.5 Å². The van der Waals surface area contributed by atoms with Gasteiger partial charge in [0, 0.05) is 5.46 Å². The minimum Gasteiger partial charge on any atom is -0.497 e. The first-order chi connectivity index (χ1) is 10.5. The first kappa shape index (κ1) is 18.1. The molecule has 2 rings (SSSR count). The Balaban J connectivity index is 2.27. The first-order valence-electron chi connectivity index (χ1n) is 7.84. The average molecular weight is 322 g/mol. The van der Waals surface area contributed by atoms with Gasteiger partial charge in [0.1, 0.15) is 18.1 Å². The quantitative estimate of drug-likeness (QED) is 0.842. The zero-order valence-corrected chi connectivity index (χ0v) is 15.1. The van der Waals surface area contributed by atoms with Gasteiger partial charge in [-0.3, -0.25) is 0 Å². The fourth-order valence-corrected chi connectivity index (χ4v) is 2.22.